The Kier molecular flexibility index (Phi) is 74.8. The lowest BCUT2D eigenvalue weighted by Gasteiger charge is -2.70. The molecule has 25 N–H and O–H groups in total. The quantitative estimate of drug-likeness (QED) is 0.0349. The number of benzene rings is 1. The molecule has 0 amide bonds. The fourth-order valence-electron chi connectivity index (χ4n) is 21.6. The van der Waals surface area contributed by atoms with E-state index in [-0.39, 0.29) is 5.41 Å². The third-order valence-corrected chi connectivity index (χ3v) is 29.9. The summed E-state index contributed by atoms with van der Waals surface area (Å²) in [7, 11) is 56.7. The van der Waals surface area contributed by atoms with E-state index >= 15 is 0 Å². The van der Waals surface area contributed by atoms with Crippen molar-refractivity contribution in [3.63, 3.8) is 0 Å². The Balaban J connectivity index is 0.000000444. The molecule has 3 saturated heterocycles. The minimum Gasteiger partial charge on any atom is -0.493 e. The molecule has 1 aromatic carbocycles. The first-order chi connectivity index (χ1) is 71.2. The molecule has 0 atom stereocenters. The molecule has 8 fully saturated rings. The summed E-state index contributed by atoms with van der Waals surface area (Å²) >= 11 is 0. The van der Waals surface area contributed by atoms with Crippen molar-refractivity contribution in [1.29, 1.82) is 0 Å². The van der Waals surface area contributed by atoms with Crippen LogP contribution in [0.5, 0.6) is 17.2 Å². The van der Waals surface area contributed by atoms with Crippen molar-refractivity contribution in [2.75, 3.05) is 423 Å². The summed E-state index contributed by atoms with van der Waals surface area (Å²) in [6, 6.07) is 9.61. The average molecular weight is 2080 g/mol. The van der Waals surface area contributed by atoms with Gasteiger partial charge in [0.25, 0.3) is 0 Å². The molecule has 3 aliphatic heterocycles. The zero-order valence-corrected chi connectivity index (χ0v) is 98.8. The van der Waals surface area contributed by atoms with Crippen molar-refractivity contribution in [3.05, 3.63) is 18.2 Å². The van der Waals surface area contributed by atoms with Gasteiger partial charge in [-0.15, -0.1) is 0 Å². The second kappa shape index (κ2) is 81.1. The third-order valence-electron chi connectivity index (χ3n) is 29.9. The molecule has 860 valence electrons. The van der Waals surface area contributed by atoms with Gasteiger partial charge in [-0.1, -0.05) is 13.3 Å². The van der Waals surface area contributed by atoms with Gasteiger partial charge >= 0.3 is 0 Å². The molecule has 41 heteroatoms. The van der Waals surface area contributed by atoms with Gasteiger partial charge in [0.15, 0.2) is 0 Å². The van der Waals surface area contributed by atoms with Crippen LogP contribution in [-0.4, -0.2) is 487 Å². The number of unbranched alkanes of at least 4 members (excludes halogenated alkanes) is 1. The minimum atomic E-state index is 0.257. The van der Waals surface area contributed by atoms with Gasteiger partial charge < -0.3 is 181 Å². The Bertz CT molecular complexity index is 3160. The smallest absolute Gasteiger partial charge is 0.231 e. The van der Waals surface area contributed by atoms with Crippen LogP contribution in [0.15, 0.2) is 18.2 Å². The molecule has 41 nitrogen and oxygen atoms in total. The molecular weight excluding hydrogens is 1850 g/mol. The monoisotopic (exact) mass is 2080 g/mol. The first kappa shape index (κ1) is 136. The number of ether oxygens (including phenoxy) is 3. The maximum absolute atomic E-state index is 5.82. The van der Waals surface area contributed by atoms with Crippen molar-refractivity contribution < 1.29 is 14.2 Å². The third kappa shape index (κ3) is 52.5. The standard InChI is InChI=1S/C21H39N9.C18H39N9.C18H33N3O3.C14H28N4.C10H25N3.C9H24N4.C9H21N3.C7H19N3/c1-22-16-4-10-28(11-5-16)19-25-20(29-12-6-17(23-2)7-13-29)27-21(26-19)30-14-8-18(24-3)9-15-30;1-19-10-7-13-25(4)16-22-17(26(5)14-8-11-20-2)24-18(23-16)27(6)15-9-12-21-3;1-19-7-4-10-22-16-13-17(23-11-5-8-20-2)15-18(14-16)24-12-6-9-21-3;1-15-11-5-12(16-2)8-13(6-11,17-3)10-14(7-11,9-12)18-4;1-4-5-8-13(9-6-11-2)10-7-12-3;1-10-5-9(6-11-2,7-12-3)8-13-4;1-10-7-4-8(11-2)6-9(5-7)12-3;1-8-4-7(5-9-2)6-10-3/h16-18,22-24H,4-15H2,1-3H3;19-21H,7-15H2,1-6H3;13-15,19-21H,4-12H2,1-3H3;15-18H,5-10H2,1-4H3;11-12H,4-10H2,1-3H3;10-13H,5-8H2,1-4H3;7-12H,4-6H2,1-3H3;7-10H,4-6H2,1-3H3. The van der Waals surface area contributed by atoms with Crippen LogP contribution in [0.2, 0.25) is 0 Å². The molecule has 0 radical (unpaired) electrons. The molecule has 5 saturated carbocycles. The zero-order chi connectivity index (χ0) is 108. The van der Waals surface area contributed by atoms with E-state index < -0.39 is 0 Å². The Morgan fingerprint density at radius 2 is 0.544 bits per heavy atom. The predicted molar refractivity (Wildman–Crippen MR) is 626 cm³/mol. The lowest BCUT2D eigenvalue weighted by molar-refractivity contribution is -0.0953. The van der Waals surface area contributed by atoms with Crippen molar-refractivity contribution in [2.24, 2.45) is 11.3 Å². The lowest BCUT2D eigenvalue weighted by atomic mass is 9.44. The second-order valence-electron chi connectivity index (χ2n) is 41.7. The molecule has 147 heavy (non-hydrogen) atoms. The first-order valence-electron chi connectivity index (χ1n) is 56.4. The Labute approximate surface area is 896 Å². The van der Waals surface area contributed by atoms with E-state index in [0.29, 0.717) is 84.1 Å². The highest BCUT2D eigenvalue weighted by Gasteiger charge is 2.67. The van der Waals surface area contributed by atoms with E-state index in [4.69, 9.17) is 44.1 Å². The predicted octanol–water partition coefficient (Wildman–Crippen LogP) is 0.870. The van der Waals surface area contributed by atoms with Gasteiger partial charge in [0.1, 0.15) is 17.2 Å². The van der Waals surface area contributed by atoms with Gasteiger partial charge in [-0.05, 0) is 369 Å². The molecule has 0 spiro atoms. The summed E-state index contributed by atoms with van der Waals surface area (Å²) in [5.41, 5.74) is 1.44. The normalized spacial score (nSPS) is 20.8. The second-order valence-corrected chi connectivity index (χ2v) is 41.7. The van der Waals surface area contributed by atoms with Crippen LogP contribution < -0.4 is 177 Å². The van der Waals surface area contributed by atoms with E-state index in [1.54, 1.807) is 0 Å². The SMILES string of the molecule is CCCCN(CCNC)CCNC.CNC12CC3(NC)CC(NC)(C1)CC(NC)(C2)C3.CNC1CC(NC)CC(NC)C1.CNC1CCN(c2nc(N3CCC(NC)CC3)nc(N3CCC(NC)CC3)n2)CC1.CNCC(CNC)(CNC)CNC.CNCC(CNC)CNC.CNCCCN(C)c1nc(N(C)CCCNC)nc(N(C)CCCNC)n1.CNCCCOc1cc(OCCCNC)cc(OCCCNC)c1. The summed E-state index contributed by atoms with van der Waals surface area (Å²) in [6.45, 7) is 31.7. The number of hydrogen-bond acceptors (Lipinski definition) is 41. The summed E-state index contributed by atoms with van der Waals surface area (Å²) in [4.78, 5) is 44.9. The highest BCUT2D eigenvalue weighted by atomic mass is 16.5. The number of piperidine rings is 3. The fraction of sp³-hybridized carbons (Fsp3) is 0.887. The van der Waals surface area contributed by atoms with Crippen molar-refractivity contribution in [1.82, 2.24) is 168 Å². The number of nitrogens with zero attached hydrogens (tertiary/aromatic N) is 13. The van der Waals surface area contributed by atoms with Crippen LogP contribution in [0, 0.1) is 11.3 Å². The van der Waals surface area contributed by atoms with E-state index in [1.807, 2.05) is 145 Å². The van der Waals surface area contributed by atoms with Crippen LogP contribution in [0.3, 0.4) is 0 Å². The highest BCUT2D eigenvalue weighted by molar-refractivity contribution is 5.49. The van der Waals surface area contributed by atoms with Crippen LogP contribution >= 0.6 is 0 Å². The molecule has 5 heterocycles. The average Bonchev–Trinajstić information content (AvgIpc) is 0.687. The number of nitrogens with one attached hydrogen (secondary N) is 25. The highest BCUT2D eigenvalue weighted by Crippen LogP contribution is 2.60. The Hall–Kier alpha value is -5.60. The number of anilines is 6. The van der Waals surface area contributed by atoms with E-state index in [9.17, 15) is 0 Å². The van der Waals surface area contributed by atoms with Gasteiger partial charge in [0, 0.05) is 234 Å². The summed E-state index contributed by atoms with van der Waals surface area (Å²) in [5, 5.41) is 82.7. The fourth-order valence-corrected chi connectivity index (χ4v) is 21.6. The van der Waals surface area contributed by atoms with Crippen LogP contribution in [0.25, 0.3) is 0 Å². The Morgan fingerprint density at radius 3 is 0.755 bits per heavy atom. The molecule has 3 aromatic rings. The summed E-state index contributed by atoms with van der Waals surface area (Å²) in [5.74, 6) is 7.83. The molecular formula is C106H228N38O3. The number of aromatic nitrogens is 6. The van der Waals surface area contributed by atoms with Crippen molar-refractivity contribution in [3.8, 4) is 17.2 Å². The van der Waals surface area contributed by atoms with Gasteiger partial charge in [-0.25, -0.2) is 0 Å². The molecule has 2 aromatic heterocycles. The minimum absolute atomic E-state index is 0.257. The maximum atomic E-state index is 5.82. The Morgan fingerprint density at radius 1 is 0.299 bits per heavy atom. The van der Waals surface area contributed by atoms with Crippen LogP contribution in [-0.2, 0) is 0 Å². The van der Waals surface area contributed by atoms with Crippen molar-refractivity contribution >= 4 is 35.7 Å². The topological polar surface area (TPSA) is 428 Å². The van der Waals surface area contributed by atoms with Gasteiger partial charge in [-0.3, -0.25) is 0 Å². The van der Waals surface area contributed by atoms with Crippen LogP contribution in [0.1, 0.15) is 155 Å². The van der Waals surface area contributed by atoms with Crippen LogP contribution in [0.4, 0.5) is 35.7 Å². The number of rotatable bonds is 66. The molecule has 0 unspecified atom stereocenters. The van der Waals surface area contributed by atoms with Gasteiger partial charge in [0.05, 0.1) is 19.8 Å². The summed E-state index contributed by atoms with van der Waals surface area (Å²) < 4.78 is 17.5. The maximum Gasteiger partial charge on any atom is 0.231 e. The van der Waals surface area contributed by atoms with E-state index in [2.05, 4.69) is 245 Å². The molecule has 5 aliphatic carbocycles. The molecule has 11 rings (SSSR count). The van der Waals surface area contributed by atoms with Gasteiger partial charge in [-0.2, -0.15) is 29.9 Å². The lowest BCUT2D eigenvalue weighted by Crippen LogP contribution is -2.81. The molecule has 8 aliphatic rings. The van der Waals surface area contributed by atoms with Crippen molar-refractivity contribution in [2.45, 2.75) is 213 Å². The number of hydrogen-bond donors (Lipinski definition) is 25. The largest absolute Gasteiger partial charge is 0.493 e. The van der Waals surface area contributed by atoms with Gasteiger partial charge in [0.2, 0.25) is 35.7 Å². The summed E-state index contributed by atoms with van der Waals surface area (Å²) in [6.07, 6.45) is 26.8. The number of likely N-dealkylation sites (N-methyl/N-ethyl adjacent to an activating group) is 2. The van der Waals surface area contributed by atoms with E-state index in [1.165, 1.54) is 77.2 Å². The first-order valence-corrected chi connectivity index (χ1v) is 56.4. The van der Waals surface area contributed by atoms with E-state index in [0.717, 1.165) is 300 Å². The zero-order valence-electron chi connectivity index (χ0n) is 98.8. The molecule has 4 bridgehead atoms.